The summed E-state index contributed by atoms with van der Waals surface area (Å²) in [5.41, 5.74) is 5.96. The molecule has 6 aromatic rings. The zero-order valence-electron chi connectivity index (χ0n) is 19.9. The second kappa shape index (κ2) is 9.38. The molecule has 0 atom stereocenters. The summed E-state index contributed by atoms with van der Waals surface area (Å²) in [5, 5.41) is 15.4. The van der Waals surface area contributed by atoms with E-state index in [1.54, 1.807) is 27.7 Å². The van der Waals surface area contributed by atoms with Crippen molar-refractivity contribution in [1.82, 2.24) is 29.4 Å². The number of amides is 1. The van der Waals surface area contributed by atoms with E-state index in [4.69, 9.17) is 10.1 Å². The van der Waals surface area contributed by atoms with Crippen molar-refractivity contribution in [2.24, 2.45) is 7.05 Å². The highest BCUT2D eigenvalue weighted by Crippen LogP contribution is 2.35. The molecule has 0 radical (unpaired) electrons. The predicted octanol–water partition coefficient (Wildman–Crippen LogP) is 5.19. The number of para-hydroxylation sites is 1. The molecule has 180 valence electrons. The normalized spacial score (nSPS) is 10.9. The molecule has 0 fully saturated rings. The van der Waals surface area contributed by atoms with Crippen molar-refractivity contribution in [3.8, 4) is 22.5 Å². The molecule has 6 rings (SSSR count). The van der Waals surface area contributed by atoms with E-state index in [1.165, 1.54) is 0 Å². The first-order chi connectivity index (χ1) is 18.2. The molecule has 1 amide bonds. The van der Waals surface area contributed by atoms with Crippen molar-refractivity contribution >= 4 is 28.7 Å². The lowest BCUT2D eigenvalue weighted by molar-refractivity contribution is 0.101. The van der Waals surface area contributed by atoms with Crippen LogP contribution < -0.4 is 10.6 Å². The van der Waals surface area contributed by atoms with Crippen LogP contribution in [0.1, 0.15) is 10.5 Å². The third-order valence-corrected chi connectivity index (χ3v) is 5.93. The summed E-state index contributed by atoms with van der Waals surface area (Å²) in [5.74, 6) is 0.287. The standard InChI is InChI=1S/C28H22N8O/c1-35-17-7-13-24(35)27(37)31-21-11-5-8-19(18-21)26-25(23-12-6-15-30-36(23)34-26)22-14-16-29-28(33-22)32-20-9-3-2-4-10-20/h2-18H,1H3,(H,31,37)(H,29,32,33). The Kier molecular flexibility index (Phi) is 5.62. The van der Waals surface area contributed by atoms with E-state index in [0.717, 1.165) is 22.3 Å². The third kappa shape index (κ3) is 4.41. The molecule has 0 spiro atoms. The summed E-state index contributed by atoms with van der Waals surface area (Å²) in [6, 6.07) is 26.6. The summed E-state index contributed by atoms with van der Waals surface area (Å²) in [6.07, 6.45) is 5.24. The molecule has 0 saturated heterocycles. The van der Waals surface area contributed by atoms with Gasteiger partial charge in [-0.3, -0.25) is 4.79 Å². The van der Waals surface area contributed by atoms with Crippen LogP contribution in [-0.2, 0) is 7.05 Å². The fourth-order valence-corrected chi connectivity index (χ4v) is 4.19. The van der Waals surface area contributed by atoms with Gasteiger partial charge in [0.2, 0.25) is 5.95 Å². The first kappa shape index (κ1) is 22.2. The minimum absolute atomic E-state index is 0.186. The van der Waals surface area contributed by atoms with Crippen molar-refractivity contribution in [2.75, 3.05) is 10.6 Å². The van der Waals surface area contributed by atoms with Gasteiger partial charge in [0.15, 0.2) is 0 Å². The van der Waals surface area contributed by atoms with E-state index in [2.05, 4.69) is 20.7 Å². The van der Waals surface area contributed by atoms with Crippen LogP contribution in [0.5, 0.6) is 0 Å². The first-order valence-corrected chi connectivity index (χ1v) is 11.7. The first-order valence-electron chi connectivity index (χ1n) is 11.7. The van der Waals surface area contributed by atoms with Crippen LogP contribution in [0.4, 0.5) is 17.3 Å². The molecule has 4 aromatic heterocycles. The zero-order chi connectivity index (χ0) is 25.2. The number of aryl methyl sites for hydroxylation is 1. The van der Waals surface area contributed by atoms with Crippen LogP contribution in [0, 0.1) is 0 Å². The number of fused-ring (bicyclic) bond motifs is 1. The Morgan fingerprint density at radius 2 is 1.73 bits per heavy atom. The molecule has 2 aromatic carbocycles. The fourth-order valence-electron chi connectivity index (χ4n) is 4.19. The largest absolute Gasteiger partial charge is 0.347 e. The van der Waals surface area contributed by atoms with Gasteiger partial charge in [-0.05, 0) is 54.6 Å². The number of aromatic nitrogens is 6. The highest BCUT2D eigenvalue weighted by Gasteiger charge is 2.19. The van der Waals surface area contributed by atoms with Crippen LogP contribution >= 0.6 is 0 Å². The maximum absolute atomic E-state index is 12.8. The molecular weight excluding hydrogens is 464 g/mol. The molecule has 0 unspecified atom stereocenters. The number of carbonyl (C=O) groups is 1. The van der Waals surface area contributed by atoms with E-state index in [1.807, 2.05) is 92.1 Å². The second-order valence-corrected chi connectivity index (χ2v) is 8.42. The van der Waals surface area contributed by atoms with Gasteiger partial charge in [-0.15, -0.1) is 5.10 Å². The van der Waals surface area contributed by atoms with Gasteiger partial charge >= 0.3 is 0 Å². The molecule has 0 aliphatic carbocycles. The molecule has 0 aliphatic heterocycles. The van der Waals surface area contributed by atoms with Crippen molar-refractivity contribution in [3.63, 3.8) is 0 Å². The summed E-state index contributed by atoms with van der Waals surface area (Å²) in [4.78, 5) is 22.0. The molecule has 0 saturated carbocycles. The Bertz CT molecular complexity index is 1720. The Balaban J connectivity index is 1.41. The lowest BCUT2D eigenvalue weighted by Gasteiger charge is -2.09. The molecule has 9 heteroatoms. The Morgan fingerprint density at radius 1 is 0.865 bits per heavy atom. The highest BCUT2D eigenvalue weighted by molar-refractivity contribution is 6.03. The van der Waals surface area contributed by atoms with Crippen LogP contribution in [0.3, 0.4) is 0 Å². The lowest BCUT2D eigenvalue weighted by Crippen LogP contribution is -2.15. The van der Waals surface area contributed by atoms with Gasteiger partial charge in [-0.25, -0.2) is 9.97 Å². The minimum Gasteiger partial charge on any atom is -0.347 e. The zero-order valence-corrected chi connectivity index (χ0v) is 19.9. The summed E-state index contributed by atoms with van der Waals surface area (Å²) >= 11 is 0. The summed E-state index contributed by atoms with van der Waals surface area (Å²) < 4.78 is 3.37. The Morgan fingerprint density at radius 3 is 2.57 bits per heavy atom. The monoisotopic (exact) mass is 486 g/mol. The van der Waals surface area contributed by atoms with Gasteiger partial charge in [0.1, 0.15) is 11.4 Å². The van der Waals surface area contributed by atoms with Crippen molar-refractivity contribution in [2.45, 2.75) is 0 Å². The van der Waals surface area contributed by atoms with E-state index in [0.29, 0.717) is 28.7 Å². The van der Waals surface area contributed by atoms with E-state index in [-0.39, 0.29) is 5.91 Å². The van der Waals surface area contributed by atoms with Crippen molar-refractivity contribution in [3.05, 3.63) is 109 Å². The number of benzene rings is 2. The third-order valence-electron chi connectivity index (χ3n) is 5.93. The molecule has 0 bridgehead atoms. The maximum Gasteiger partial charge on any atom is 0.272 e. The van der Waals surface area contributed by atoms with Gasteiger partial charge in [-0.1, -0.05) is 30.3 Å². The smallest absolute Gasteiger partial charge is 0.272 e. The predicted molar refractivity (Wildman–Crippen MR) is 143 cm³/mol. The minimum atomic E-state index is -0.186. The molecule has 37 heavy (non-hydrogen) atoms. The number of rotatable bonds is 6. The number of nitrogens with zero attached hydrogens (tertiary/aromatic N) is 6. The summed E-state index contributed by atoms with van der Waals surface area (Å²) in [6.45, 7) is 0. The Labute approximate surface area is 212 Å². The van der Waals surface area contributed by atoms with Crippen molar-refractivity contribution < 1.29 is 4.79 Å². The van der Waals surface area contributed by atoms with Crippen LogP contribution in [0.2, 0.25) is 0 Å². The molecule has 4 heterocycles. The van der Waals surface area contributed by atoms with E-state index in [9.17, 15) is 4.79 Å². The fraction of sp³-hybridized carbons (Fsp3) is 0.0357. The number of hydrogen-bond donors (Lipinski definition) is 2. The SMILES string of the molecule is Cn1cccc1C(=O)Nc1cccc(-c2nn3ncccc3c2-c2ccnc(Nc3ccccc3)n2)c1. The van der Waals surface area contributed by atoms with Crippen LogP contribution in [-0.4, -0.2) is 35.3 Å². The molecule has 2 N–H and O–H groups in total. The van der Waals surface area contributed by atoms with Gasteiger partial charge in [0.25, 0.3) is 5.91 Å². The molecular formula is C28H22N8O. The average Bonchev–Trinajstić information content (AvgIpc) is 3.53. The topological polar surface area (TPSA) is 102 Å². The second-order valence-electron chi connectivity index (χ2n) is 8.42. The highest BCUT2D eigenvalue weighted by atomic mass is 16.1. The lowest BCUT2D eigenvalue weighted by atomic mass is 10.0. The number of carbonyl (C=O) groups excluding carboxylic acids is 1. The average molecular weight is 487 g/mol. The van der Waals surface area contributed by atoms with Gasteiger partial charge in [0.05, 0.1) is 16.8 Å². The maximum atomic E-state index is 12.8. The number of anilines is 3. The van der Waals surface area contributed by atoms with Gasteiger partial charge < -0.3 is 15.2 Å². The quantitative estimate of drug-likeness (QED) is 0.336. The molecule has 9 nitrogen and oxygen atoms in total. The van der Waals surface area contributed by atoms with E-state index < -0.39 is 0 Å². The van der Waals surface area contributed by atoms with Crippen LogP contribution in [0.15, 0.2) is 104 Å². The van der Waals surface area contributed by atoms with Gasteiger partial charge in [-0.2, -0.15) is 9.73 Å². The van der Waals surface area contributed by atoms with Crippen molar-refractivity contribution in [1.29, 1.82) is 0 Å². The van der Waals surface area contributed by atoms with Gasteiger partial charge in [0, 0.05) is 42.6 Å². The number of nitrogens with one attached hydrogen (secondary N) is 2. The number of hydrogen-bond acceptors (Lipinski definition) is 6. The Hall–Kier alpha value is -5.31. The van der Waals surface area contributed by atoms with E-state index >= 15 is 0 Å². The molecule has 0 aliphatic rings. The van der Waals surface area contributed by atoms with Crippen LogP contribution in [0.25, 0.3) is 28.0 Å². The summed E-state index contributed by atoms with van der Waals surface area (Å²) in [7, 11) is 1.84.